The standard InChI is InChI=1S/C20H18N6OS2/c1-13-14(2)29-19(22-13)23-17(27)12-28-20-25-24-18(15-8-10-21-11-9-15)26(20)16-6-4-3-5-7-16/h3-11H,12H2,1-2H3,(H,22,23,27). The third-order valence-corrected chi connectivity index (χ3v) is 6.11. The summed E-state index contributed by atoms with van der Waals surface area (Å²) in [6, 6.07) is 13.6. The summed E-state index contributed by atoms with van der Waals surface area (Å²) < 4.78 is 1.95. The van der Waals surface area contributed by atoms with Gasteiger partial charge in [-0.2, -0.15) is 0 Å². The van der Waals surface area contributed by atoms with Crippen molar-refractivity contribution in [3.05, 3.63) is 65.4 Å². The molecule has 0 aliphatic heterocycles. The highest BCUT2D eigenvalue weighted by atomic mass is 32.2. The van der Waals surface area contributed by atoms with Gasteiger partial charge in [-0.25, -0.2) is 4.98 Å². The number of carbonyl (C=O) groups is 1. The fraction of sp³-hybridized carbons (Fsp3) is 0.150. The van der Waals surface area contributed by atoms with Crippen LogP contribution in [0, 0.1) is 13.8 Å². The lowest BCUT2D eigenvalue weighted by atomic mass is 10.2. The van der Waals surface area contributed by atoms with Crippen LogP contribution in [0.25, 0.3) is 17.1 Å². The molecule has 1 N–H and O–H groups in total. The molecular weight excluding hydrogens is 404 g/mol. The van der Waals surface area contributed by atoms with Gasteiger partial charge in [-0.1, -0.05) is 30.0 Å². The van der Waals surface area contributed by atoms with E-state index in [1.165, 1.54) is 23.1 Å². The van der Waals surface area contributed by atoms with Gasteiger partial charge in [-0.3, -0.25) is 14.3 Å². The fourth-order valence-corrected chi connectivity index (χ4v) is 4.26. The predicted molar refractivity (Wildman–Crippen MR) is 116 cm³/mol. The second-order valence-electron chi connectivity index (χ2n) is 6.21. The highest BCUT2D eigenvalue weighted by Gasteiger charge is 2.17. The summed E-state index contributed by atoms with van der Waals surface area (Å²) in [5.74, 6) is 0.781. The number of hydrogen-bond donors (Lipinski definition) is 1. The van der Waals surface area contributed by atoms with Gasteiger partial charge >= 0.3 is 0 Å². The molecule has 0 unspecified atom stereocenters. The van der Waals surface area contributed by atoms with Gasteiger partial charge in [-0.15, -0.1) is 21.5 Å². The van der Waals surface area contributed by atoms with E-state index in [-0.39, 0.29) is 11.7 Å². The average molecular weight is 423 g/mol. The molecule has 0 saturated heterocycles. The number of anilines is 1. The predicted octanol–water partition coefficient (Wildman–Crippen LogP) is 4.13. The molecule has 146 valence electrons. The Morgan fingerprint density at radius 3 is 2.55 bits per heavy atom. The third-order valence-electron chi connectivity index (χ3n) is 4.19. The Morgan fingerprint density at radius 1 is 1.10 bits per heavy atom. The highest BCUT2D eigenvalue weighted by molar-refractivity contribution is 7.99. The van der Waals surface area contributed by atoms with E-state index in [1.54, 1.807) is 12.4 Å². The van der Waals surface area contributed by atoms with Gasteiger partial charge in [-0.05, 0) is 38.1 Å². The van der Waals surface area contributed by atoms with Crippen LogP contribution in [-0.4, -0.2) is 36.4 Å². The molecule has 9 heteroatoms. The molecule has 4 aromatic rings. The number of thioether (sulfide) groups is 1. The number of rotatable bonds is 6. The van der Waals surface area contributed by atoms with Crippen molar-refractivity contribution in [3.8, 4) is 17.1 Å². The summed E-state index contributed by atoms with van der Waals surface area (Å²) in [6.45, 7) is 3.92. The number of carbonyl (C=O) groups excluding carboxylic acids is 1. The van der Waals surface area contributed by atoms with Crippen LogP contribution < -0.4 is 5.32 Å². The van der Waals surface area contributed by atoms with E-state index < -0.39 is 0 Å². The molecule has 0 atom stereocenters. The quantitative estimate of drug-likeness (QED) is 0.470. The average Bonchev–Trinajstić information content (AvgIpc) is 3.30. The van der Waals surface area contributed by atoms with Crippen molar-refractivity contribution < 1.29 is 4.79 Å². The first-order valence-corrected chi connectivity index (χ1v) is 10.7. The van der Waals surface area contributed by atoms with Crippen molar-refractivity contribution in [2.75, 3.05) is 11.1 Å². The summed E-state index contributed by atoms with van der Waals surface area (Å²) in [5, 5.41) is 12.8. The van der Waals surface area contributed by atoms with E-state index in [0.29, 0.717) is 16.1 Å². The molecule has 0 aliphatic rings. The number of benzene rings is 1. The van der Waals surface area contributed by atoms with Crippen LogP contribution in [0.5, 0.6) is 0 Å². The maximum absolute atomic E-state index is 12.4. The summed E-state index contributed by atoms with van der Waals surface area (Å²) in [5.41, 5.74) is 2.77. The van der Waals surface area contributed by atoms with Crippen LogP contribution in [0.1, 0.15) is 10.6 Å². The molecule has 0 radical (unpaired) electrons. The number of pyridine rings is 1. The van der Waals surface area contributed by atoms with Gasteiger partial charge in [0.15, 0.2) is 16.1 Å². The zero-order chi connectivity index (χ0) is 20.2. The van der Waals surface area contributed by atoms with Crippen LogP contribution in [0.15, 0.2) is 60.0 Å². The summed E-state index contributed by atoms with van der Waals surface area (Å²) in [7, 11) is 0. The van der Waals surface area contributed by atoms with Crippen LogP contribution in [0.3, 0.4) is 0 Å². The molecule has 7 nitrogen and oxygen atoms in total. The molecule has 0 saturated carbocycles. The third kappa shape index (κ3) is 4.36. The van der Waals surface area contributed by atoms with Crippen LogP contribution in [0.4, 0.5) is 5.13 Å². The molecule has 0 bridgehead atoms. The molecule has 1 aromatic carbocycles. The number of nitrogens with one attached hydrogen (secondary N) is 1. The van der Waals surface area contributed by atoms with Gasteiger partial charge in [0.1, 0.15) is 0 Å². The molecule has 0 fully saturated rings. The van der Waals surface area contributed by atoms with E-state index in [0.717, 1.165) is 21.8 Å². The molecule has 4 rings (SSSR count). The van der Waals surface area contributed by atoms with Crippen molar-refractivity contribution in [2.45, 2.75) is 19.0 Å². The van der Waals surface area contributed by atoms with Crippen molar-refractivity contribution in [3.63, 3.8) is 0 Å². The number of para-hydroxylation sites is 1. The Balaban J connectivity index is 1.57. The van der Waals surface area contributed by atoms with Gasteiger partial charge in [0.05, 0.1) is 11.4 Å². The molecule has 3 aromatic heterocycles. The zero-order valence-electron chi connectivity index (χ0n) is 15.9. The number of nitrogens with zero attached hydrogens (tertiary/aromatic N) is 5. The first-order valence-electron chi connectivity index (χ1n) is 8.90. The summed E-state index contributed by atoms with van der Waals surface area (Å²) in [6.07, 6.45) is 3.44. The summed E-state index contributed by atoms with van der Waals surface area (Å²) in [4.78, 5) is 21.9. The van der Waals surface area contributed by atoms with Gasteiger partial charge in [0, 0.05) is 28.5 Å². The second kappa shape index (κ2) is 8.54. The largest absolute Gasteiger partial charge is 0.301 e. The zero-order valence-corrected chi connectivity index (χ0v) is 17.5. The first kappa shape index (κ1) is 19.3. The Labute approximate surface area is 176 Å². The van der Waals surface area contributed by atoms with Crippen molar-refractivity contribution >= 4 is 34.1 Å². The number of thiazole rings is 1. The molecule has 0 aliphatic carbocycles. The minimum absolute atomic E-state index is 0.128. The number of hydrogen-bond acceptors (Lipinski definition) is 7. The van der Waals surface area contributed by atoms with Gasteiger partial charge < -0.3 is 5.32 Å². The van der Waals surface area contributed by atoms with Crippen molar-refractivity contribution in [1.82, 2.24) is 24.7 Å². The lowest BCUT2D eigenvalue weighted by Crippen LogP contribution is -2.14. The molecule has 0 spiro atoms. The van der Waals surface area contributed by atoms with E-state index in [1.807, 2.05) is 60.9 Å². The number of aromatic nitrogens is 5. The molecule has 1 amide bonds. The maximum Gasteiger partial charge on any atom is 0.236 e. The lowest BCUT2D eigenvalue weighted by Gasteiger charge is -2.10. The second-order valence-corrected chi connectivity index (χ2v) is 8.36. The SMILES string of the molecule is Cc1nc(NC(=O)CSc2nnc(-c3ccncc3)n2-c2ccccc2)sc1C. The van der Waals surface area contributed by atoms with Crippen LogP contribution in [-0.2, 0) is 4.79 Å². The first-order chi connectivity index (χ1) is 14.1. The topological polar surface area (TPSA) is 85.6 Å². The van der Waals surface area contributed by atoms with Gasteiger partial charge in [0.25, 0.3) is 0 Å². The highest BCUT2D eigenvalue weighted by Crippen LogP contribution is 2.28. The smallest absolute Gasteiger partial charge is 0.236 e. The monoisotopic (exact) mass is 422 g/mol. The Kier molecular flexibility index (Phi) is 5.68. The van der Waals surface area contributed by atoms with Crippen molar-refractivity contribution in [2.24, 2.45) is 0 Å². The summed E-state index contributed by atoms with van der Waals surface area (Å²) >= 11 is 2.81. The normalized spacial score (nSPS) is 10.8. The minimum atomic E-state index is -0.128. The Bertz CT molecular complexity index is 1110. The number of amides is 1. The van der Waals surface area contributed by atoms with E-state index >= 15 is 0 Å². The van der Waals surface area contributed by atoms with E-state index in [2.05, 4.69) is 25.5 Å². The van der Waals surface area contributed by atoms with Crippen molar-refractivity contribution in [1.29, 1.82) is 0 Å². The van der Waals surface area contributed by atoms with Gasteiger partial charge in [0.2, 0.25) is 5.91 Å². The number of aryl methyl sites for hydroxylation is 2. The molecule has 29 heavy (non-hydrogen) atoms. The molecule has 3 heterocycles. The van der Waals surface area contributed by atoms with Crippen LogP contribution in [0.2, 0.25) is 0 Å². The lowest BCUT2D eigenvalue weighted by molar-refractivity contribution is -0.113. The fourth-order valence-electron chi connectivity index (χ4n) is 2.67. The Hall–Kier alpha value is -3.04. The maximum atomic E-state index is 12.4. The van der Waals surface area contributed by atoms with E-state index in [9.17, 15) is 4.79 Å². The van der Waals surface area contributed by atoms with Crippen LogP contribution >= 0.6 is 23.1 Å². The Morgan fingerprint density at radius 2 is 1.86 bits per heavy atom. The molecular formula is C20H18N6OS2. The van der Waals surface area contributed by atoms with E-state index in [4.69, 9.17) is 0 Å². The minimum Gasteiger partial charge on any atom is -0.301 e.